The number of hydrogen-bond acceptors (Lipinski definition) is 4. The van der Waals surface area contributed by atoms with Crippen molar-refractivity contribution < 1.29 is 4.79 Å². The number of pyridine rings is 2. The minimum atomic E-state index is -0.00458. The van der Waals surface area contributed by atoms with Crippen molar-refractivity contribution in [1.29, 1.82) is 0 Å². The highest BCUT2D eigenvalue weighted by atomic mass is 79.9. The molecule has 0 aliphatic rings. The number of alkyl halides is 1. The van der Waals surface area contributed by atoms with Gasteiger partial charge in [-0.25, -0.2) is 9.97 Å². The van der Waals surface area contributed by atoms with Gasteiger partial charge in [0.05, 0.1) is 0 Å². The fraction of sp³-hybridized carbons (Fsp3) is 0.214. The predicted molar refractivity (Wildman–Crippen MR) is 99.9 cm³/mol. The minimum absolute atomic E-state index is 0.00458. The number of nitrogen functional groups attached to an aromatic ring is 1. The average Bonchev–Trinajstić information content (AvgIpc) is 2.45. The summed E-state index contributed by atoms with van der Waals surface area (Å²) >= 11 is 9.68. The molecule has 2 aromatic rings. The van der Waals surface area contributed by atoms with Gasteiger partial charge in [-0.3, -0.25) is 4.79 Å². The van der Waals surface area contributed by atoms with Gasteiger partial charge in [0.1, 0.15) is 20.8 Å². The number of nitrogens with one attached hydrogen (secondary N) is 1. The molecule has 0 saturated carbocycles. The van der Waals surface area contributed by atoms with Crippen molar-refractivity contribution >= 4 is 65.3 Å². The first-order chi connectivity index (χ1) is 10.5. The van der Waals surface area contributed by atoms with E-state index >= 15 is 0 Å². The second-order valence-electron chi connectivity index (χ2n) is 4.07. The van der Waals surface area contributed by atoms with Crippen LogP contribution in [0.4, 0.5) is 11.6 Å². The van der Waals surface area contributed by atoms with Crippen molar-refractivity contribution in [2.45, 2.75) is 12.8 Å². The summed E-state index contributed by atoms with van der Waals surface area (Å²) in [5.41, 5.74) is 5.32. The number of carbonyl (C=O) groups excluding carboxylic acids is 1. The Kier molecular flexibility index (Phi) is 9.26. The largest absolute Gasteiger partial charge is 0.384 e. The van der Waals surface area contributed by atoms with E-state index in [0.29, 0.717) is 18.1 Å². The maximum Gasteiger partial charge on any atom is 0.225 e. The summed E-state index contributed by atoms with van der Waals surface area (Å²) < 4.78 is 1.49. The lowest BCUT2D eigenvalue weighted by atomic mass is 10.3. The number of rotatable bonds is 4. The van der Waals surface area contributed by atoms with Crippen LogP contribution in [0.15, 0.2) is 45.6 Å². The SMILES string of the molecule is Nc1cccc(Br)n1.O=C(CCCBr)Nc1cccc(Br)n1. The van der Waals surface area contributed by atoms with Crippen LogP contribution in [0.1, 0.15) is 12.8 Å². The molecule has 0 atom stereocenters. The molecule has 0 aliphatic heterocycles. The van der Waals surface area contributed by atoms with Crippen LogP contribution in [0.5, 0.6) is 0 Å². The van der Waals surface area contributed by atoms with Crippen molar-refractivity contribution in [3.05, 3.63) is 45.6 Å². The number of halogens is 3. The van der Waals surface area contributed by atoms with E-state index in [-0.39, 0.29) is 5.91 Å². The Balaban J connectivity index is 0.000000255. The molecule has 0 unspecified atom stereocenters. The van der Waals surface area contributed by atoms with Crippen LogP contribution in [0.25, 0.3) is 0 Å². The number of nitrogens with zero attached hydrogens (tertiary/aromatic N) is 2. The summed E-state index contributed by atoms with van der Waals surface area (Å²) in [5.74, 6) is 1.12. The molecule has 118 valence electrons. The van der Waals surface area contributed by atoms with Crippen LogP contribution in [0, 0.1) is 0 Å². The third kappa shape index (κ3) is 8.45. The van der Waals surface area contributed by atoms with Crippen molar-refractivity contribution in [1.82, 2.24) is 9.97 Å². The van der Waals surface area contributed by atoms with Gasteiger partial charge in [0.2, 0.25) is 5.91 Å². The third-order valence-electron chi connectivity index (χ3n) is 2.26. The van der Waals surface area contributed by atoms with Crippen LogP contribution in [0.2, 0.25) is 0 Å². The van der Waals surface area contributed by atoms with E-state index in [1.54, 1.807) is 12.1 Å². The monoisotopic (exact) mass is 492 g/mol. The van der Waals surface area contributed by atoms with Crippen LogP contribution in [-0.4, -0.2) is 21.2 Å². The van der Waals surface area contributed by atoms with Crippen LogP contribution < -0.4 is 11.1 Å². The van der Waals surface area contributed by atoms with E-state index in [4.69, 9.17) is 5.73 Å². The number of carbonyl (C=O) groups is 1. The molecule has 3 N–H and O–H groups in total. The molecule has 22 heavy (non-hydrogen) atoms. The van der Waals surface area contributed by atoms with Gasteiger partial charge in [0, 0.05) is 11.8 Å². The summed E-state index contributed by atoms with van der Waals surface area (Å²) in [6.45, 7) is 0. The Morgan fingerprint density at radius 3 is 2.23 bits per heavy atom. The highest BCUT2D eigenvalue weighted by Crippen LogP contribution is 2.10. The molecular formula is C14H15Br3N4O. The molecular weight excluding hydrogens is 480 g/mol. The van der Waals surface area contributed by atoms with Gasteiger partial charge in [-0.1, -0.05) is 28.1 Å². The smallest absolute Gasteiger partial charge is 0.225 e. The Morgan fingerprint density at radius 2 is 1.73 bits per heavy atom. The van der Waals surface area contributed by atoms with E-state index < -0.39 is 0 Å². The number of aromatic nitrogens is 2. The van der Waals surface area contributed by atoms with Crippen LogP contribution >= 0.6 is 47.8 Å². The quantitative estimate of drug-likeness (QED) is 0.488. The molecule has 2 rings (SSSR count). The lowest BCUT2D eigenvalue weighted by molar-refractivity contribution is -0.116. The van der Waals surface area contributed by atoms with Gasteiger partial charge in [-0.05, 0) is 62.5 Å². The fourth-order valence-corrected chi connectivity index (χ4v) is 2.32. The van der Waals surface area contributed by atoms with Crippen LogP contribution in [-0.2, 0) is 4.79 Å². The van der Waals surface area contributed by atoms with Crippen molar-refractivity contribution in [3.8, 4) is 0 Å². The first kappa shape index (κ1) is 19.1. The average molecular weight is 495 g/mol. The molecule has 2 heterocycles. The van der Waals surface area contributed by atoms with Crippen LogP contribution in [0.3, 0.4) is 0 Å². The van der Waals surface area contributed by atoms with Crippen molar-refractivity contribution in [2.75, 3.05) is 16.4 Å². The molecule has 0 saturated heterocycles. The van der Waals surface area contributed by atoms with Gasteiger partial charge in [-0.2, -0.15) is 0 Å². The van der Waals surface area contributed by atoms with Crippen molar-refractivity contribution in [3.63, 3.8) is 0 Å². The summed E-state index contributed by atoms with van der Waals surface area (Å²) in [5, 5.41) is 3.56. The van der Waals surface area contributed by atoms with E-state index in [1.165, 1.54) is 0 Å². The zero-order valence-corrected chi connectivity index (χ0v) is 16.4. The summed E-state index contributed by atoms with van der Waals surface area (Å²) in [6, 6.07) is 10.8. The summed E-state index contributed by atoms with van der Waals surface area (Å²) in [6.07, 6.45) is 1.35. The Bertz CT molecular complexity index is 593. The zero-order chi connectivity index (χ0) is 16.4. The minimum Gasteiger partial charge on any atom is -0.384 e. The van der Waals surface area contributed by atoms with Gasteiger partial charge in [0.25, 0.3) is 0 Å². The molecule has 0 bridgehead atoms. The normalized spacial score (nSPS) is 9.59. The Labute approximate surface area is 154 Å². The van der Waals surface area contributed by atoms with Gasteiger partial charge in [0.15, 0.2) is 0 Å². The molecule has 0 aliphatic carbocycles. The standard InChI is InChI=1S/C9H10Br2N2O.C5H5BrN2/c10-6-2-5-9(14)13-8-4-1-3-7(11)12-8;6-4-2-1-3-5(7)8-4/h1,3-4H,2,5-6H2,(H,12,13,14);1-3H,(H2,7,8). The Morgan fingerprint density at radius 1 is 1.09 bits per heavy atom. The number of nitrogens with two attached hydrogens (primary N) is 1. The highest BCUT2D eigenvalue weighted by molar-refractivity contribution is 9.10. The summed E-state index contributed by atoms with van der Waals surface area (Å²) in [4.78, 5) is 19.3. The first-order valence-corrected chi connectivity index (χ1v) is 9.08. The summed E-state index contributed by atoms with van der Waals surface area (Å²) in [7, 11) is 0. The molecule has 0 spiro atoms. The molecule has 5 nitrogen and oxygen atoms in total. The number of amides is 1. The third-order valence-corrected chi connectivity index (χ3v) is 3.70. The lowest BCUT2D eigenvalue weighted by Crippen LogP contribution is -2.12. The maximum absolute atomic E-state index is 11.3. The molecule has 0 fully saturated rings. The maximum atomic E-state index is 11.3. The highest BCUT2D eigenvalue weighted by Gasteiger charge is 2.02. The number of hydrogen-bond donors (Lipinski definition) is 2. The van der Waals surface area contributed by atoms with Gasteiger partial charge < -0.3 is 11.1 Å². The van der Waals surface area contributed by atoms with E-state index in [2.05, 4.69) is 63.1 Å². The van der Waals surface area contributed by atoms with E-state index in [1.807, 2.05) is 24.3 Å². The molecule has 2 aromatic heterocycles. The predicted octanol–water partition coefficient (Wildman–Crippen LogP) is 4.38. The van der Waals surface area contributed by atoms with Crippen molar-refractivity contribution in [2.24, 2.45) is 0 Å². The Hall–Kier alpha value is -0.990. The van der Waals surface area contributed by atoms with Gasteiger partial charge >= 0.3 is 0 Å². The van der Waals surface area contributed by atoms with E-state index in [0.717, 1.165) is 21.0 Å². The number of anilines is 2. The van der Waals surface area contributed by atoms with E-state index in [9.17, 15) is 4.79 Å². The molecule has 8 heteroatoms. The molecule has 0 aromatic carbocycles. The second-order valence-corrected chi connectivity index (χ2v) is 6.49. The second kappa shape index (κ2) is 10.7. The lowest BCUT2D eigenvalue weighted by Gasteiger charge is -2.03. The first-order valence-electron chi connectivity index (χ1n) is 6.37. The molecule has 1 amide bonds. The topological polar surface area (TPSA) is 80.9 Å². The van der Waals surface area contributed by atoms with Gasteiger partial charge in [-0.15, -0.1) is 0 Å². The molecule has 0 radical (unpaired) electrons. The fourth-order valence-electron chi connectivity index (χ4n) is 1.33. The zero-order valence-electron chi connectivity index (χ0n) is 11.6.